The summed E-state index contributed by atoms with van der Waals surface area (Å²) in [5.41, 5.74) is 15.3. The second-order valence-corrected chi connectivity index (χ2v) is 14.1. The minimum Gasteiger partial charge on any atom is -0.508 e. The molecule has 5 atom stereocenters. The Balaban J connectivity index is 1.50. The molecule has 3 aromatic rings. The molecule has 0 spiro atoms. The van der Waals surface area contributed by atoms with Crippen LogP contribution in [0.4, 0.5) is 0 Å². The molecule has 4 aliphatic rings. The van der Waals surface area contributed by atoms with Gasteiger partial charge in [0.2, 0.25) is 0 Å². The van der Waals surface area contributed by atoms with E-state index in [1.165, 1.54) is 0 Å². The Bertz CT molecular complexity index is 2250. The van der Waals surface area contributed by atoms with Gasteiger partial charge in [-0.1, -0.05) is 42.5 Å². The van der Waals surface area contributed by atoms with E-state index >= 15 is 0 Å². The zero-order valence-electron chi connectivity index (χ0n) is 29.8. The molecule has 0 saturated heterocycles. The van der Waals surface area contributed by atoms with Crippen molar-refractivity contribution in [3.63, 3.8) is 0 Å². The number of phenolic OH excluding ortho intramolecular Hbond substituents is 2. The van der Waals surface area contributed by atoms with Crippen molar-refractivity contribution in [3.05, 3.63) is 134 Å². The summed E-state index contributed by atoms with van der Waals surface area (Å²) in [4.78, 5) is 27.2. The number of nitrogens with two attached hydrogens (primary N) is 2. The Morgan fingerprint density at radius 2 is 2.00 bits per heavy atom. The number of benzene rings is 2. The van der Waals surface area contributed by atoms with Gasteiger partial charge in [0.15, 0.2) is 5.43 Å². The lowest BCUT2D eigenvalue weighted by Gasteiger charge is -2.44. The van der Waals surface area contributed by atoms with Crippen molar-refractivity contribution in [1.29, 1.82) is 0 Å². The number of ether oxygens (including phenoxy) is 2. The summed E-state index contributed by atoms with van der Waals surface area (Å²) >= 11 is 0. The monoisotopic (exact) mass is 720 g/mol. The van der Waals surface area contributed by atoms with Crippen LogP contribution in [0.5, 0.6) is 17.2 Å². The number of hydrogen-bond donors (Lipinski definition) is 7. The van der Waals surface area contributed by atoms with Gasteiger partial charge in [-0.3, -0.25) is 4.79 Å². The molecule has 12 nitrogen and oxygen atoms in total. The van der Waals surface area contributed by atoms with Crippen LogP contribution in [-0.4, -0.2) is 45.7 Å². The zero-order chi connectivity index (χ0) is 37.6. The van der Waals surface area contributed by atoms with E-state index in [2.05, 4.69) is 10.6 Å². The number of hydrogen-bond acceptors (Lipinski definition) is 12. The van der Waals surface area contributed by atoms with E-state index in [-0.39, 0.29) is 52.1 Å². The maximum Gasteiger partial charge on any atom is 0.333 e. The van der Waals surface area contributed by atoms with Gasteiger partial charge >= 0.3 is 5.97 Å². The Hall–Kier alpha value is -5.72. The highest BCUT2D eigenvalue weighted by Crippen LogP contribution is 2.56. The Morgan fingerprint density at radius 3 is 2.72 bits per heavy atom. The van der Waals surface area contributed by atoms with Gasteiger partial charge in [-0.25, -0.2) is 4.79 Å². The Kier molecular flexibility index (Phi) is 9.43. The average Bonchev–Trinajstić information content (AvgIpc) is 3.14. The third-order valence-corrected chi connectivity index (χ3v) is 10.7. The third kappa shape index (κ3) is 6.49. The van der Waals surface area contributed by atoms with Gasteiger partial charge in [-0.05, 0) is 68.5 Å². The Labute approximate surface area is 306 Å². The van der Waals surface area contributed by atoms with Gasteiger partial charge in [-0.2, -0.15) is 0 Å². The number of allylic oxidation sites excluding steroid dienone is 7. The fourth-order valence-corrected chi connectivity index (χ4v) is 7.63. The summed E-state index contributed by atoms with van der Waals surface area (Å²) in [6, 6.07) is 8.09. The van der Waals surface area contributed by atoms with Crippen molar-refractivity contribution in [2.24, 2.45) is 11.5 Å². The van der Waals surface area contributed by atoms with Crippen molar-refractivity contribution < 1.29 is 34.0 Å². The maximum absolute atomic E-state index is 13.9. The van der Waals surface area contributed by atoms with Gasteiger partial charge in [0.1, 0.15) is 58.1 Å². The second kappa shape index (κ2) is 14.0. The maximum atomic E-state index is 13.9. The van der Waals surface area contributed by atoms with Crippen molar-refractivity contribution in [3.8, 4) is 17.2 Å². The molecule has 53 heavy (non-hydrogen) atoms. The zero-order valence-corrected chi connectivity index (χ0v) is 29.8. The second-order valence-electron chi connectivity index (χ2n) is 14.1. The molecule has 276 valence electrons. The number of aliphatic hydroxyl groups excluding tert-OH is 1. The number of nitrogens with one attached hydrogen (secondary N) is 2. The van der Waals surface area contributed by atoms with Crippen LogP contribution in [0.25, 0.3) is 11.0 Å². The van der Waals surface area contributed by atoms with Gasteiger partial charge in [0.05, 0.1) is 6.17 Å². The molecule has 1 aliphatic carbocycles. The lowest BCUT2D eigenvalue weighted by molar-refractivity contribution is -0.158. The van der Waals surface area contributed by atoms with E-state index in [1.807, 2.05) is 49.6 Å². The molecule has 0 saturated carbocycles. The van der Waals surface area contributed by atoms with E-state index < -0.39 is 41.5 Å². The molecule has 0 radical (unpaired) electrons. The fourth-order valence-electron chi connectivity index (χ4n) is 7.63. The molecule has 1 aromatic heterocycles. The summed E-state index contributed by atoms with van der Waals surface area (Å²) in [5, 5.41) is 39.0. The van der Waals surface area contributed by atoms with E-state index in [1.54, 1.807) is 38.1 Å². The smallest absolute Gasteiger partial charge is 0.333 e. The summed E-state index contributed by atoms with van der Waals surface area (Å²) in [7, 11) is 0. The van der Waals surface area contributed by atoms with Crippen LogP contribution in [0.3, 0.4) is 0 Å². The topological polar surface area (TPSA) is 203 Å². The van der Waals surface area contributed by atoms with Crippen LogP contribution < -0.4 is 32.3 Å². The molecule has 7 rings (SSSR count). The molecule has 9 N–H and O–H groups in total. The number of aliphatic hydroxyl groups is 1. The summed E-state index contributed by atoms with van der Waals surface area (Å²) < 4.78 is 19.6. The molecule has 0 amide bonds. The molecule has 0 fully saturated rings. The normalized spacial score (nSPS) is 25.0. The number of phenols is 2. The highest BCUT2D eigenvalue weighted by atomic mass is 16.6. The number of esters is 1. The third-order valence-electron chi connectivity index (χ3n) is 10.7. The first-order chi connectivity index (χ1) is 25.4. The average molecular weight is 721 g/mol. The van der Waals surface area contributed by atoms with Gasteiger partial charge in [0, 0.05) is 59.3 Å². The summed E-state index contributed by atoms with van der Waals surface area (Å²) in [6.45, 7) is 5.15. The number of aromatic hydroxyl groups is 2. The summed E-state index contributed by atoms with van der Waals surface area (Å²) in [6.07, 6.45) is 13.0. The van der Waals surface area contributed by atoms with E-state index in [0.717, 1.165) is 28.3 Å². The van der Waals surface area contributed by atoms with Gasteiger partial charge in [0.25, 0.3) is 0 Å². The van der Waals surface area contributed by atoms with Crippen LogP contribution in [0.2, 0.25) is 0 Å². The van der Waals surface area contributed by atoms with Gasteiger partial charge in [-0.15, -0.1) is 0 Å². The molecule has 4 heterocycles. The molecular formula is C41H44N4O8. The first-order valence-corrected chi connectivity index (χ1v) is 17.7. The molecule has 5 unspecified atom stereocenters. The Morgan fingerprint density at radius 1 is 1.19 bits per heavy atom. The predicted molar refractivity (Wildman–Crippen MR) is 200 cm³/mol. The van der Waals surface area contributed by atoms with Crippen LogP contribution in [0.15, 0.2) is 110 Å². The van der Waals surface area contributed by atoms with Crippen molar-refractivity contribution >= 4 is 16.9 Å². The molecular weight excluding hydrogens is 676 g/mol. The fraction of sp³-hybridized carbons (Fsp3) is 0.317. The number of carbonyl (C=O) groups excluding carboxylic acids is 1. The highest BCUT2D eigenvalue weighted by Gasteiger charge is 2.48. The lowest BCUT2D eigenvalue weighted by Crippen LogP contribution is -2.51. The standard InChI is InChI=1S/C41H44N4O8/c1-4-21(2)40(50)52-31-18-29-36(49)34-30(48)17-25(20-46)51-38(34)35(37(29)53-41(31,3)14-12-22-8-11-32(42)45-19-22)33-26(23-6-5-7-24(47)16-23)9-10-28-27(33)13-15-44-39(28)43/h4-11,13,16-17,19,26,31-33,44-47,49H,12,14-15,18,20,42-43H2,1-3H3. The van der Waals surface area contributed by atoms with Crippen molar-refractivity contribution in [1.82, 2.24) is 10.6 Å². The number of fused-ring (bicyclic) bond motifs is 3. The van der Waals surface area contributed by atoms with Crippen LogP contribution >= 0.6 is 0 Å². The van der Waals surface area contributed by atoms with Crippen LogP contribution in [0.1, 0.15) is 67.9 Å². The van der Waals surface area contributed by atoms with Crippen molar-refractivity contribution in [2.45, 2.75) is 76.3 Å². The molecule has 12 heteroatoms. The quantitative estimate of drug-likeness (QED) is 0.127. The van der Waals surface area contributed by atoms with E-state index in [9.17, 15) is 24.9 Å². The lowest BCUT2D eigenvalue weighted by atomic mass is 9.69. The predicted octanol–water partition coefficient (Wildman–Crippen LogP) is 4.51. The van der Waals surface area contributed by atoms with E-state index in [0.29, 0.717) is 36.3 Å². The molecule has 3 aliphatic heterocycles. The number of carbonyl (C=O) groups is 1. The minimum absolute atomic E-state index is 0.00636. The summed E-state index contributed by atoms with van der Waals surface area (Å²) in [5.74, 6) is -1.10. The van der Waals surface area contributed by atoms with Crippen LogP contribution in [-0.2, 0) is 22.6 Å². The number of rotatable bonds is 8. The first kappa shape index (κ1) is 35.7. The SMILES string of the molecule is CC=C(C)C(=O)OC1Cc2c(c(C3C4=CCNC(N)=C4C=CC3c3cccc(O)c3)c3oc(CO)cc(=O)c3c2O)OC1(C)CCC1=CNC(N)C=C1. The van der Waals surface area contributed by atoms with Gasteiger partial charge < -0.3 is 51.3 Å². The molecule has 0 bridgehead atoms. The minimum atomic E-state index is -1.15. The molecule has 2 aromatic carbocycles. The van der Waals surface area contributed by atoms with E-state index in [4.69, 9.17) is 25.4 Å². The highest BCUT2D eigenvalue weighted by molar-refractivity contribution is 5.92. The number of dihydropyridines is 2. The largest absolute Gasteiger partial charge is 0.508 e. The first-order valence-electron chi connectivity index (χ1n) is 17.7. The van der Waals surface area contributed by atoms with Crippen LogP contribution in [0, 0.1) is 0 Å². The van der Waals surface area contributed by atoms with Crippen molar-refractivity contribution in [2.75, 3.05) is 6.54 Å².